The third kappa shape index (κ3) is 25.9. The van der Waals surface area contributed by atoms with E-state index < -0.39 is 10.4 Å². The molecule has 0 rings (SSSR count). The number of hydrogen-bond acceptors (Lipinski definition) is 6. The van der Waals surface area contributed by atoms with Gasteiger partial charge in [0.2, 0.25) is 0 Å². The van der Waals surface area contributed by atoms with E-state index in [1.54, 1.807) is 0 Å². The Morgan fingerprint density at radius 2 is 0.677 bits per heavy atom. The van der Waals surface area contributed by atoms with E-state index in [1.165, 1.54) is 89.9 Å². The van der Waals surface area contributed by atoms with Crippen molar-refractivity contribution < 1.29 is 26.9 Å². The molecule has 0 aromatic carbocycles. The Bertz CT molecular complexity index is 407. The Labute approximate surface area is 192 Å². The van der Waals surface area contributed by atoms with Gasteiger partial charge in [0.05, 0.1) is 13.2 Å². The van der Waals surface area contributed by atoms with E-state index in [4.69, 9.17) is 9.78 Å². The zero-order valence-corrected chi connectivity index (χ0v) is 21.2. The SMILES string of the molecule is CCCCCCCCCCCCOOS(=O)(=O)OOCCCCCCCCCCCC. The molecule has 7 heteroatoms. The van der Waals surface area contributed by atoms with Gasteiger partial charge >= 0.3 is 10.4 Å². The van der Waals surface area contributed by atoms with Gasteiger partial charge in [0.25, 0.3) is 0 Å². The minimum absolute atomic E-state index is 0.234. The zero-order valence-electron chi connectivity index (χ0n) is 20.4. The topological polar surface area (TPSA) is 71.1 Å². The van der Waals surface area contributed by atoms with Crippen LogP contribution >= 0.6 is 0 Å². The molecule has 0 saturated carbocycles. The second kappa shape index (κ2) is 24.4. The van der Waals surface area contributed by atoms with Crippen molar-refractivity contribution >= 4 is 10.4 Å². The van der Waals surface area contributed by atoms with Crippen molar-refractivity contribution in [2.75, 3.05) is 13.2 Å². The molecule has 6 nitrogen and oxygen atoms in total. The molecule has 188 valence electrons. The van der Waals surface area contributed by atoms with Gasteiger partial charge in [-0.25, -0.2) is 9.78 Å². The van der Waals surface area contributed by atoms with Gasteiger partial charge in [-0.05, 0) is 12.8 Å². The summed E-state index contributed by atoms with van der Waals surface area (Å²) in [5.74, 6) is 0. The maximum atomic E-state index is 11.5. The Kier molecular flexibility index (Phi) is 24.3. The minimum Gasteiger partial charge on any atom is -0.218 e. The van der Waals surface area contributed by atoms with Gasteiger partial charge in [-0.15, -0.1) is 0 Å². The van der Waals surface area contributed by atoms with Crippen molar-refractivity contribution in [3.05, 3.63) is 0 Å². The fourth-order valence-electron chi connectivity index (χ4n) is 3.49. The van der Waals surface area contributed by atoms with Crippen LogP contribution in [0.2, 0.25) is 0 Å². The standard InChI is InChI=1S/C24H50O6S/c1-3-5-7-9-11-13-15-17-19-21-23-27-29-31(25,26)30-28-24-22-20-18-16-14-12-10-8-6-4-2/h3-24H2,1-2H3. The Hall–Kier alpha value is -0.210. The van der Waals surface area contributed by atoms with Crippen LogP contribution in [0.5, 0.6) is 0 Å². The molecule has 31 heavy (non-hydrogen) atoms. The van der Waals surface area contributed by atoms with E-state index in [1.807, 2.05) is 0 Å². The lowest BCUT2D eigenvalue weighted by Gasteiger charge is -2.05. The Morgan fingerprint density at radius 3 is 0.968 bits per heavy atom. The van der Waals surface area contributed by atoms with Crippen molar-refractivity contribution in [2.45, 2.75) is 142 Å². The maximum Gasteiger partial charge on any atom is 0.453 e. The predicted octanol–water partition coefficient (Wildman–Crippen LogP) is 7.97. The van der Waals surface area contributed by atoms with Crippen LogP contribution in [0.15, 0.2) is 0 Å². The van der Waals surface area contributed by atoms with Crippen LogP contribution in [-0.4, -0.2) is 21.6 Å². The molecule has 0 fully saturated rings. The summed E-state index contributed by atoms with van der Waals surface area (Å²) in [6.45, 7) is 4.93. The maximum absolute atomic E-state index is 11.5. The Morgan fingerprint density at radius 1 is 0.419 bits per heavy atom. The second-order valence-corrected chi connectivity index (χ2v) is 9.64. The first-order chi connectivity index (χ1) is 15.1. The summed E-state index contributed by atoms with van der Waals surface area (Å²) in [7, 11) is -4.25. The highest BCUT2D eigenvalue weighted by Gasteiger charge is 2.14. The fourth-order valence-corrected chi connectivity index (χ4v) is 3.89. The molecule has 0 atom stereocenters. The predicted molar refractivity (Wildman–Crippen MR) is 127 cm³/mol. The average molecular weight is 467 g/mol. The fraction of sp³-hybridized carbons (Fsp3) is 1.00. The van der Waals surface area contributed by atoms with E-state index >= 15 is 0 Å². The normalized spacial score (nSPS) is 11.9. The van der Waals surface area contributed by atoms with E-state index in [-0.39, 0.29) is 13.2 Å². The molecule has 0 N–H and O–H groups in total. The summed E-state index contributed by atoms with van der Waals surface area (Å²) >= 11 is 0. The molecule has 0 aromatic heterocycles. The number of rotatable bonds is 26. The summed E-state index contributed by atoms with van der Waals surface area (Å²) in [6, 6.07) is 0. The zero-order chi connectivity index (χ0) is 22.9. The van der Waals surface area contributed by atoms with Crippen LogP contribution in [0.1, 0.15) is 142 Å². The van der Waals surface area contributed by atoms with E-state index in [0.717, 1.165) is 38.5 Å². The first kappa shape index (κ1) is 30.8. The average Bonchev–Trinajstić information content (AvgIpc) is 2.75. The van der Waals surface area contributed by atoms with Crippen LogP contribution in [-0.2, 0) is 28.8 Å². The lowest BCUT2D eigenvalue weighted by Crippen LogP contribution is -2.12. The second-order valence-electron chi connectivity index (χ2n) is 8.55. The third-order valence-electron chi connectivity index (χ3n) is 5.43. The van der Waals surface area contributed by atoms with Crippen molar-refractivity contribution in [1.29, 1.82) is 0 Å². The number of unbranched alkanes of at least 4 members (excludes halogenated alkanes) is 18. The molecule has 0 saturated heterocycles. The molecule has 0 amide bonds. The molecule has 0 aliphatic carbocycles. The largest absolute Gasteiger partial charge is 0.453 e. The molecular weight excluding hydrogens is 416 g/mol. The summed E-state index contributed by atoms with van der Waals surface area (Å²) in [5.41, 5.74) is 0. The van der Waals surface area contributed by atoms with Crippen LogP contribution < -0.4 is 0 Å². The molecule has 0 aromatic rings. The van der Waals surface area contributed by atoms with Gasteiger partial charge < -0.3 is 0 Å². The summed E-state index contributed by atoms with van der Waals surface area (Å²) in [4.78, 5) is 9.47. The summed E-state index contributed by atoms with van der Waals surface area (Å²) < 4.78 is 31.7. The first-order valence-corrected chi connectivity index (χ1v) is 14.3. The molecule has 0 heterocycles. The minimum atomic E-state index is -4.25. The quantitative estimate of drug-likeness (QED) is 0.0731. The summed E-state index contributed by atoms with van der Waals surface area (Å²) in [6.07, 6.45) is 24.1. The summed E-state index contributed by atoms with van der Waals surface area (Å²) in [5, 5.41) is 0. The lowest BCUT2D eigenvalue weighted by atomic mass is 10.1. The van der Waals surface area contributed by atoms with Crippen LogP contribution in [0.25, 0.3) is 0 Å². The molecule has 0 aliphatic heterocycles. The molecule has 0 radical (unpaired) electrons. The van der Waals surface area contributed by atoms with Crippen molar-refractivity contribution in [2.24, 2.45) is 0 Å². The van der Waals surface area contributed by atoms with Crippen molar-refractivity contribution in [1.82, 2.24) is 0 Å². The highest BCUT2D eigenvalue weighted by Crippen LogP contribution is 2.12. The van der Waals surface area contributed by atoms with Crippen LogP contribution in [0.4, 0.5) is 0 Å². The molecule has 0 unspecified atom stereocenters. The van der Waals surface area contributed by atoms with Gasteiger partial charge in [0.1, 0.15) is 0 Å². The highest BCUT2D eigenvalue weighted by atomic mass is 32.3. The van der Waals surface area contributed by atoms with E-state index in [2.05, 4.69) is 22.5 Å². The Balaban J connectivity index is 3.31. The third-order valence-corrected chi connectivity index (χ3v) is 5.95. The van der Waals surface area contributed by atoms with Crippen molar-refractivity contribution in [3.63, 3.8) is 0 Å². The smallest absolute Gasteiger partial charge is 0.218 e. The van der Waals surface area contributed by atoms with E-state index in [0.29, 0.717) is 0 Å². The van der Waals surface area contributed by atoms with Crippen LogP contribution in [0.3, 0.4) is 0 Å². The van der Waals surface area contributed by atoms with Gasteiger partial charge in [0.15, 0.2) is 0 Å². The lowest BCUT2D eigenvalue weighted by molar-refractivity contribution is -0.259. The van der Waals surface area contributed by atoms with Gasteiger partial charge in [-0.3, -0.25) is 0 Å². The molecular formula is C24H50O6S. The molecule has 0 bridgehead atoms. The molecule has 0 spiro atoms. The van der Waals surface area contributed by atoms with Gasteiger partial charge in [-0.2, -0.15) is 8.42 Å². The van der Waals surface area contributed by atoms with Gasteiger partial charge in [0, 0.05) is 0 Å². The molecule has 0 aliphatic rings. The van der Waals surface area contributed by atoms with E-state index in [9.17, 15) is 8.42 Å². The van der Waals surface area contributed by atoms with Crippen LogP contribution in [0, 0.1) is 0 Å². The van der Waals surface area contributed by atoms with Gasteiger partial charge in [-0.1, -0.05) is 138 Å². The number of hydrogen-bond donors (Lipinski definition) is 0. The van der Waals surface area contributed by atoms with Crippen molar-refractivity contribution in [3.8, 4) is 0 Å². The highest BCUT2D eigenvalue weighted by molar-refractivity contribution is 7.81. The first-order valence-electron chi connectivity index (χ1n) is 13.0. The monoisotopic (exact) mass is 466 g/mol.